The van der Waals surface area contributed by atoms with E-state index in [4.69, 9.17) is 4.74 Å². The number of pyridine rings is 1. The molecular weight excluding hydrogens is 401 g/mol. The van der Waals surface area contributed by atoms with Crippen LogP contribution in [-0.4, -0.2) is 51.3 Å². The molecule has 1 aliphatic rings. The maximum absolute atomic E-state index is 14.8. The molecular formula is C23H22FN3O4. The molecule has 0 aliphatic carbocycles. The summed E-state index contributed by atoms with van der Waals surface area (Å²) in [6.45, 7) is 2.26. The molecule has 160 valence electrons. The fourth-order valence-electron chi connectivity index (χ4n) is 4.04. The van der Waals surface area contributed by atoms with Crippen LogP contribution in [0.1, 0.15) is 29.4 Å². The molecule has 4 rings (SSSR count). The average Bonchev–Trinajstić information content (AvgIpc) is 3.22. The topological polar surface area (TPSA) is 84.1 Å². The molecule has 1 atom stereocenters. The maximum Gasteiger partial charge on any atom is 0.295 e. The summed E-state index contributed by atoms with van der Waals surface area (Å²) in [5, 5.41) is 11.3. The van der Waals surface area contributed by atoms with Crippen LogP contribution >= 0.6 is 0 Å². The Hall–Kier alpha value is -3.52. The molecule has 0 radical (unpaired) electrons. The Kier molecular flexibility index (Phi) is 5.56. The Labute approximate surface area is 178 Å². The van der Waals surface area contributed by atoms with Crippen LogP contribution < -0.4 is 0 Å². The molecule has 2 aromatic heterocycles. The Balaban J connectivity index is 1.93. The molecule has 0 spiro atoms. The zero-order chi connectivity index (χ0) is 22.1. The summed E-state index contributed by atoms with van der Waals surface area (Å²) in [5.41, 5.74) is 1.36. The summed E-state index contributed by atoms with van der Waals surface area (Å²) in [5.74, 6) is -2.57. The van der Waals surface area contributed by atoms with Crippen LogP contribution in [-0.2, 0) is 14.3 Å². The van der Waals surface area contributed by atoms with E-state index in [1.165, 1.54) is 30.2 Å². The van der Waals surface area contributed by atoms with Gasteiger partial charge in [-0.3, -0.25) is 14.0 Å². The van der Waals surface area contributed by atoms with Crippen molar-refractivity contribution in [1.29, 1.82) is 0 Å². The SMILES string of the molecule is COCCCN1C(=O)C(=O)C(=C(O)c2c(C)nc3ccccn23)C1c1ccccc1F. The highest BCUT2D eigenvalue weighted by Crippen LogP contribution is 2.40. The van der Waals surface area contributed by atoms with Crippen molar-refractivity contribution in [2.45, 2.75) is 19.4 Å². The zero-order valence-corrected chi connectivity index (χ0v) is 17.2. The predicted molar refractivity (Wildman–Crippen MR) is 112 cm³/mol. The number of benzene rings is 1. The van der Waals surface area contributed by atoms with Gasteiger partial charge in [-0.25, -0.2) is 9.37 Å². The number of nitrogens with zero attached hydrogens (tertiary/aromatic N) is 3. The van der Waals surface area contributed by atoms with Crippen molar-refractivity contribution in [2.75, 3.05) is 20.3 Å². The standard InChI is InChI=1S/C23H22FN3O4/c1-14-19(26-11-6-5-10-17(26)25-14)21(28)18-20(15-8-3-4-9-16(15)24)27(12-7-13-31-2)23(30)22(18)29/h3-6,8-11,20,28H,7,12-13H2,1-2H3. The third kappa shape index (κ3) is 3.48. The van der Waals surface area contributed by atoms with Crippen LogP contribution in [0.2, 0.25) is 0 Å². The minimum absolute atomic E-state index is 0.146. The van der Waals surface area contributed by atoms with Crippen molar-refractivity contribution in [1.82, 2.24) is 14.3 Å². The molecule has 1 aromatic carbocycles. The number of imidazole rings is 1. The van der Waals surface area contributed by atoms with Crippen molar-refractivity contribution >= 4 is 23.1 Å². The van der Waals surface area contributed by atoms with Gasteiger partial charge >= 0.3 is 0 Å². The number of methoxy groups -OCH3 is 1. The van der Waals surface area contributed by atoms with Crippen molar-refractivity contribution in [3.05, 3.63) is 77.0 Å². The summed E-state index contributed by atoms with van der Waals surface area (Å²) >= 11 is 0. The Bertz CT molecular complexity index is 1200. The van der Waals surface area contributed by atoms with Gasteiger partial charge in [-0.15, -0.1) is 0 Å². The van der Waals surface area contributed by atoms with E-state index in [1.807, 2.05) is 0 Å². The lowest BCUT2D eigenvalue weighted by atomic mass is 9.96. The molecule has 8 heteroatoms. The number of hydrogen-bond acceptors (Lipinski definition) is 5. The fraction of sp³-hybridized carbons (Fsp3) is 0.261. The quantitative estimate of drug-likeness (QED) is 0.285. The van der Waals surface area contributed by atoms with E-state index >= 15 is 0 Å². The van der Waals surface area contributed by atoms with Gasteiger partial charge in [0.2, 0.25) is 0 Å². The summed E-state index contributed by atoms with van der Waals surface area (Å²) in [6.07, 6.45) is 2.17. The second-order valence-electron chi connectivity index (χ2n) is 7.34. The lowest BCUT2D eigenvalue weighted by Crippen LogP contribution is -2.31. The van der Waals surface area contributed by atoms with Gasteiger partial charge < -0.3 is 14.7 Å². The highest BCUT2D eigenvalue weighted by atomic mass is 19.1. The number of aliphatic hydroxyl groups excluding tert-OH is 1. The molecule has 1 N–H and O–H groups in total. The van der Waals surface area contributed by atoms with Crippen LogP contribution in [0.5, 0.6) is 0 Å². The number of carbonyl (C=O) groups excluding carboxylic acids is 2. The zero-order valence-electron chi connectivity index (χ0n) is 17.2. The number of amides is 1. The van der Waals surface area contributed by atoms with E-state index in [0.29, 0.717) is 30.1 Å². The highest BCUT2D eigenvalue weighted by Gasteiger charge is 2.47. The molecule has 7 nitrogen and oxygen atoms in total. The van der Waals surface area contributed by atoms with Crippen molar-refractivity contribution in [2.24, 2.45) is 0 Å². The number of aryl methyl sites for hydroxylation is 1. The van der Waals surface area contributed by atoms with Gasteiger partial charge in [-0.05, 0) is 31.5 Å². The number of hydrogen-bond donors (Lipinski definition) is 1. The molecule has 3 aromatic rings. The number of aromatic nitrogens is 2. The van der Waals surface area contributed by atoms with Gasteiger partial charge in [-0.2, -0.15) is 0 Å². The lowest BCUT2D eigenvalue weighted by molar-refractivity contribution is -0.140. The van der Waals surface area contributed by atoms with E-state index in [-0.39, 0.29) is 23.4 Å². The van der Waals surface area contributed by atoms with Crippen molar-refractivity contribution < 1.29 is 23.8 Å². The summed E-state index contributed by atoms with van der Waals surface area (Å²) in [4.78, 5) is 31.6. The molecule has 1 unspecified atom stereocenters. The third-order valence-electron chi connectivity index (χ3n) is 5.42. The van der Waals surface area contributed by atoms with Crippen LogP contribution in [0.3, 0.4) is 0 Å². The number of aliphatic hydroxyl groups is 1. The van der Waals surface area contributed by atoms with Crippen molar-refractivity contribution in [3.63, 3.8) is 0 Å². The van der Waals surface area contributed by atoms with E-state index in [0.717, 1.165) is 0 Å². The molecule has 0 bridgehead atoms. The van der Waals surface area contributed by atoms with Crippen LogP contribution in [0, 0.1) is 12.7 Å². The molecule has 0 saturated carbocycles. The predicted octanol–water partition coefficient (Wildman–Crippen LogP) is 3.24. The second kappa shape index (κ2) is 8.31. The van der Waals surface area contributed by atoms with Gasteiger partial charge in [-0.1, -0.05) is 24.3 Å². The first kappa shape index (κ1) is 20.7. The minimum Gasteiger partial charge on any atom is -0.505 e. The molecule has 3 heterocycles. The summed E-state index contributed by atoms with van der Waals surface area (Å²) < 4.78 is 21.5. The van der Waals surface area contributed by atoms with E-state index < -0.39 is 23.5 Å². The van der Waals surface area contributed by atoms with Crippen LogP contribution in [0.15, 0.2) is 54.2 Å². The molecule has 1 aliphatic heterocycles. The highest BCUT2D eigenvalue weighted by molar-refractivity contribution is 6.46. The van der Waals surface area contributed by atoms with Crippen molar-refractivity contribution in [3.8, 4) is 0 Å². The Morgan fingerprint density at radius 1 is 1.19 bits per heavy atom. The van der Waals surface area contributed by atoms with Gasteiger partial charge in [0.1, 0.15) is 17.2 Å². The van der Waals surface area contributed by atoms with Gasteiger partial charge in [0.15, 0.2) is 5.76 Å². The third-order valence-corrected chi connectivity index (χ3v) is 5.42. The Morgan fingerprint density at radius 2 is 1.94 bits per heavy atom. The number of Topliss-reactive ketones (excluding diaryl/α,β-unsaturated/α-hetero) is 1. The number of fused-ring (bicyclic) bond motifs is 1. The molecule has 1 amide bonds. The number of carbonyl (C=O) groups is 2. The summed E-state index contributed by atoms with van der Waals surface area (Å²) in [6, 6.07) is 10.2. The lowest BCUT2D eigenvalue weighted by Gasteiger charge is -2.25. The molecule has 1 saturated heterocycles. The first-order chi connectivity index (χ1) is 15.0. The number of likely N-dealkylation sites (tertiary alicyclic amines) is 1. The smallest absolute Gasteiger partial charge is 0.295 e. The number of rotatable bonds is 6. The summed E-state index contributed by atoms with van der Waals surface area (Å²) in [7, 11) is 1.54. The van der Waals surface area contributed by atoms with Gasteiger partial charge in [0.05, 0.1) is 17.3 Å². The molecule has 31 heavy (non-hydrogen) atoms. The number of ketones is 1. The normalized spacial score (nSPS) is 18.3. The van der Waals surface area contributed by atoms with Crippen LogP contribution in [0.4, 0.5) is 4.39 Å². The maximum atomic E-state index is 14.8. The van der Waals surface area contributed by atoms with E-state index in [1.54, 1.807) is 41.8 Å². The van der Waals surface area contributed by atoms with Crippen LogP contribution in [0.25, 0.3) is 11.4 Å². The average molecular weight is 423 g/mol. The minimum atomic E-state index is -1.05. The fourth-order valence-corrected chi connectivity index (χ4v) is 4.04. The van der Waals surface area contributed by atoms with Gasteiger partial charge in [0, 0.05) is 32.0 Å². The first-order valence-corrected chi connectivity index (χ1v) is 9.91. The monoisotopic (exact) mass is 423 g/mol. The second-order valence-corrected chi connectivity index (χ2v) is 7.34. The molecule has 1 fully saturated rings. The number of halogens is 1. The Morgan fingerprint density at radius 3 is 2.68 bits per heavy atom. The van der Waals surface area contributed by atoms with Gasteiger partial charge in [0.25, 0.3) is 11.7 Å². The first-order valence-electron chi connectivity index (χ1n) is 9.91. The largest absolute Gasteiger partial charge is 0.505 e. The number of ether oxygens (including phenoxy) is 1. The van der Waals surface area contributed by atoms with E-state index in [9.17, 15) is 19.1 Å². The van der Waals surface area contributed by atoms with E-state index in [2.05, 4.69) is 4.98 Å².